The summed E-state index contributed by atoms with van der Waals surface area (Å²) in [5.41, 5.74) is 2.76. The van der Waals surface area contributed by atoms with Crippen molar-refractivity contribution in [1.82, 2.24) is 0 Å². The van der Waals surface area contributed by atoms with E-state index in [0.29, 0.717) is 16.3 Å². The lowest BCUT2D eigenvalue weighted by atomic mass is 9.48. The number of hydrogen-bond donors (Lipinski definition) is 0. The van der Waals surface area contributed by atoms with Gasteiger partial charge in [-0.15, -0.1) is 0 Å². The van der Waals surface area contributed by atoms with Gasteiger partial charge in [0.1, 0.15) is 0 Å². The predicted molar refractivity (Wildman–Crippen MR) is 100 cm³/mol. The molecule has 128 valence electrons. The molecule has 1 heterocycles. The van der Waals surface area contributed by atoms with Gasteiger partial charge >= 0.3 is 0 Å². The first-order valence-electron chi connectivity index (χ1n) is 9.54. The molecule has 3 atom stereocenters. The van der Waals surface area contributed by atoms with E-state index in [1.54, 1.807) is 0 Å². The fourth-order valence-electron chi connectivity index (χ4n) is 6.89. The molecule has 0 aromatic heterocycles. The van der Waals surface area contributed by atoms with Gasteiger partial charge in [-0.25, -0.2) is 0 Å². The first kappa shape index (κ1) is 15.4. The van der Waals surface area contributed by atoms with Gasteiger partial charge in [0.25, 0.3) is 0 Å². The van der Waals surface area contributed by atoms with E-state index in [0.717, 1.165) is 30.4 Å². The molecule has 4 bridgehead atoms. The number of para-hydroxylation sites is 1. The van der Waals surface area contributed by atoms with Gasteiger partial charge in [-0.2, -0.15) is 0 Å². The van der Waals surface area contributed by atoms with E-state index in [2.05, 4.69) is 52.0 Å². The quantitative estimate of drug-likeness (QED) is 0.647. The third kappa shape index (κ3) is 2.30. The van der Waals surface area contributed by atoms with E-state index in [1.807, 2.05) is 0 Å². The summed E-state index contributed by atoms with van der Waals surface area (Å²) in [6, 6.07) is 8.77. The number of anilines is 1. The molecule has 0 spiro atoms. The Morgan fingerprint density at radius 3 is 2.62 bits per heavy atom. The fourth-order valence-corrected chi connectivity index (χ4v) is 8.40. The van der Waals surface area contributed by atoms with Crippen LogP contribution in [0.5, 0.6) is 0 Å². The maximum atomic E-state index is 13.3. The number of benzene rings is 1. The molecule has 1 aromatic rings. The Bertz CT molecular complexity index is 685. The SMILES string of the molecule is C[C@H]1Cc2ccccc2N1C(=O)CC12C[C@H]3C[C@@H](CC(Br)(C3)C1)C2. The first-order valence-corrected chi connectivity index (χ1v) is 10.3. The zero-order chi connectivity index (χ0) is 16.5. The Morgan fingerprint density at radius 2 is 1.92 bits per heavy atom. The van der Waals surface area contributed by atoms with Crippen molar-refractivity contribution in [2.24, 2.45) is 17.3 Å². The number of fused-ring (bicyclic) bond motifs is 1. The summed E-state index contributed by atoms with van der Waals surface area (Å²) in [6.45, 7) is 2.20. The molecule has 3 heteroatoms. The van der Waals surface area contributed by atoms with Crippen LogP contribution in [-0.2, 0) is 11.2 Å². The minimum Gasteiger partial charge on any atom is -0.309 e. The van der Waals surface area contributed by atoms with Crippen molar-refractivity contribution < 1.29 is 4.79 Å². The van der Waals surface area contributed by atoms with Crippen molar-refractivity contribution in [2.45, 2.75) is 68.7 Å². The molecular weight excluding hydrogens is 362 g/mol. The lowest BCUT2D eigenvalue weighted by Crippen LogP contribution is -2.54. The lowest BCUT2D eigenvalue weighted by Gasteiger charge is -2.60. The highest BCUT2D eigenvalue weighted by atomic mass is 79.9. The van der Waals surface area contributed by atoms with Crippen molar-refractivity contribution >= 4 is 27.5 Å². The van der Waals surface area contributed by atoms with E-state index < -0.39 is 0 Å². The molecule has 6 rings (SSSR count). The standard InChI is InChI=1S/C21H26BrNO/c1-14-6-17-4-2-3-5-18(17)23(14)19(24)12-20-8-15-7-16(9-20)11-21(22,10-15)13-20/h2-5,14-16H,6-13H2,1H3/t14-,15+,16+,20?,21?/m0/s1. The second kappa shape index (κ2) is 5.09. The summed E-state index contributed by atoms with van der Waals surface area (Å²) >= 11 is 4.08. The molecule has 0 unspecified atom stereocenters. The normalized spacial score (nSPS) is 42.4. The van der Waals surface area contributed by atoms with Gasteiger partial charge in [-0.3, -0.25) is 4.79 Å². The monoisotopic (exact) mass is 387 g/mol. The topological polar surface area (TPSA) is 20.3 Å². The predicted octanol–water partition coefficient (Wildman–Crippen LogP) is 5.09. The van der Waals surface area contributed by atoms with Crippen molar-refractivity contribution in [3.63, 3.8) is 0 Å². The molecule has 0 saturated heterocycles. The number of nitrogens with zero attached hydrogens (tertiary/aromatic N) is 1. The minimum atomic E-state index is 0.266. The summed E-state index contributed by atoms with van der Waals surface area (Å²) in [6.07, 6.45) is 9.62. The maximum absolute atomic E-state index is 13.3. The molecule has 0 radical (unpaired) electrons. The number of halogens is 1. The molecule has 4 fully saturated rings. The summed E-state index contributed by atoms with van der Waals surface area (Å²) in [5.74, 6) is 2.06. The minimum absolute atomic E-state index is 0.266. The molecule has 5 aliphatic rings. The fraction of sp³-hybridized carbons (Fsp3) is 0.667. The van der Waals surface area contributed by atoms with Gasteiger partial charge in [0.15, 0.2) is 0 Å². The largest absolute Gasteiger partial charge is 0.309 e. The van der Waals surface area contributed by atoms with Gasteiger partial charge < -0.3 is 4.90 Å². The number of carbonyl (C=O) groups excluding carboxylic acids is 1. The molecule has 24 heavy (non-hydrogen) atoms. The van der Waals surface area contributed by atoms with Crippen LogP contribution in [0.3, 0.4) is 0 Å². The third-order valence-electron chi connectivity index (χ3n) is 7.11. The van der Waals surface area contributed by atoms with Gasteiger partial charge in [0.2, 0.25) is 5.91 Å². The Kier molecular flexibility index (Phi) is 3.27. The average molecular weight is 388 g/mol. The number of amides is 1. The highest BCUT2D eigenvalue weighted by Gasteiger charge is 2.57. The summed E-state index contributed by atoms with van der Waals surface area (Å²) in [7, 11) is 0. The van der Waals surface area contributed by atoms with Crippen LogP contribution in [0, 0.1) is 17.3 Å². The molecule has 4 saturated carbocycles. The zero-order valence-electron chi connectivity index (χ0n) is 14.4. The summed E-state index contributed by atoms with van der Waals surface area (Å²) in [5, 5.41) is 0. The Balaban J connectivity index is 1.41. The highest BCUT2D eigenvalue weighted by Crippen LogP contribution is 2.65. The summed E-state index contributed by atoms with van der Waals surface area (Å²) in [4.78, 5) is 15.4. The van der Waals surface area contributed by atoms with Gasteiger partial charge in [-0.05, 0) is 80.8 Å². The average Bonchev–Trinajstić information content (AvgIpc) is 2.79. The van der Waals surface area contributed by atoms with Crippen LogP contribution in [-0.4, -0.2) is 16.3 Å². The molecular formula is C21H26BrNO. The Morgan fingerprint density at radius 1 is 1.21 bits per heavy atom. The van der Waals surface area contributed by atoms with Crippen molar-refractivity contribution in [1.29, 1.82) is 0 Å². The first-order chi connectivity index (χ1) is 11.5. The van der Waals surface area contributed by atoms with Crippen LogP contribution in [0.1, 0.15) is 57.4 Å². The second-order valence-corrected chi connectivity index (χ2v) is 10.9. The summed E-state index contributed by atoms with van der Waals surface area (Å²) < 4.78 is 0.339. The maximum Gasteiger partial charge on any atom is 0.227 e. The second-order valence-electron chi connectivity index (χ2n) is 9.23. The van der Waals surface area contributed by atoms with E-state index in [-0.39, 0.29) is 5.41 Å². The molecule has 4 aliphatic carbocycles. The van der Waals surface area contributed by atoms with Crippen LogP contribution in [0.15, 0.2) is 24.3 Å². The third-order valence-corrected chi connectivity index (χ3v) is 8.04. The Hall–Kier alpha value is -0.830. The number of hydrogen-bond acceptors (Lipinski definition) is 1. The van der Waals surface area contributed by atoms with Crippen molar-refractivity contribution in [2.75, 3.05) is 4.90 Å². The van der Waals surface area contributed by atoms with Gasteiger partial charge in [0, 0.05) is 22.5 Å². The number of carbonyl (C=O) groups is 1. The van der Waals surface area contributed by atoms with E-state index in [9.17, 15) is 4.79 Å². The van der Waals surface area contributed by atoms with E-state index in [1.165, 1.54) is 44.1 Å². The zero-order valence-corrected chi connectivity index (χ0v) is 16.0. The molecule has 1 aliphatic heterocycles. The van der Waals surface area contributed by atoms with Gasteiger partial charge in [-0.1, -0.05) is 34.1 Å². The van der Waals surface area contributed by atoms with Crippen molar-refractivity contribution in [3.05, 3.63) is 29.8 Å². The van der Waals surface area contributed by atoms with Crippen LogP contribution in [0.2, 0.25) is 0 Å². The Labute approximate surface area is 153 Å². The van der Waals surface area contributed by atoms with Crippen molar-refractivity contribution in [3.8, 4) is 0 Å². The van der Waals surface area contributed by atoms with E-state index >= 15 is 0 Å². The number of rotatable bonds is 2. The lowest BCUT2D eigenvalue weighted by molar-refractivity contribution is -0.125. The van der Waals surface area contributed by atoms with E-state index in [4.69, 9.17) is 0 Å². The van der Waals surface area contributed by atoms with Gasteiger partial charge in [0.05, 0.1) is 0 Å². The highest BCUT2D eigenvalue weighted by molar-refractivity contribution is 9.10. The molecule has 1 aromatic carbocycles. The molecule has 1 amide bonds. The smallest absolute Gasteiger partial charge is 0.227 e. The van der Waals surface area contributed by atoms with Crippen LogP contribution < -0.4 is 4.90 Å². The van der Waals surface area contributed by atoms with Crippen LogP contribution in [0.25, 0.3) is 0 Å². The van der Waals surface area contributed by atoms with Crippen LogP contribution in [0.4, 0.5) is 5.69 Å². The molecule has 0 N–H and O–H groups in total. The van der Waals surface area contributed by atoms with Crippen LogP contribution >= 0.6 is 15.9 Å². The molecule has 2 nitrogen and oxygen atoms in total. The number of alkyl halides is 1.